The molecule has 5 nitrogen and oxygen atoms in total. The van der Waals surface area contributed by atoms with E-state index >= 15 is 0 Å². The van der Waals surface area contributed by atoms with Crippen LogP contribution in [0.25, 0.3) is 0 Å². The molecule has 0 radical (unpaired) electrons. The van der Waals surface area contributed by atoms with Crippen LogP contribution in [0.3, 0.4) is 0 Å². The number of carbonyl (C=O) groups excluding carboxylic acids is 2. The van der Waals surface area contributed by atoms with Gasteiger partial charge in [0.1, 0.15) is 5.82 Å². The SMILES string of the molecule is CN(C)C(=O)Nc1cccc(CNC(=O)c2cccc(F)c2)c1. The largest absolute Gasteiger partial charge is 0.348 e. The van der Waals surface area contributed by atoms with E-state index in [1.54, 1.807) is 38.4 Å². The van der Waals surface area contributed by atoms with Crippen LogP contribution in [0.5, 0.6) is 0 Å². The van der Waals surface area contributed by atoms with Crippen molar-refractivity contribution in [1.82, 2.24) is 10.2 Å². The summed E-state index contributed by atoms with van der Waals surface area (Å²) in [7, 11) is 3.30. The van der Waals surface area contributed by atoms with E-state index in [0.717, 1.165) is 5.56 Å². The zero-order valence-electron chi connectivity index (χ0n) is 13.0. The summed E-state index contributed by atoms with van der Waals surface area (Å²) in [4.78, 5) is 25.0. The molecule has 0 atom stereocenters. The molecule has 2 aromatic carbocycles. The molecule has 2 N–H and O–H groups in total. The fraction of sp³-hybridized carbons (Fsp3) is 0.176. The molecule has 2 aromatic rings. The van der Waals surface area contributed by atoms with E-state index in [1.165, 1.54) is 23.1 Å². The predicted molar refractivity (Wildman–Crippen MR) is 86.7 cm³/mol. The maximum atomic E-state index is 13.1. The average molecular weight is 315 g/mol. The van der Waals surface area contributed by atoms with Crippen LogP contribution in [-0.2, 0) is 6.54 Å². The Bertz CT molecular complexity index is 716. The molecule has 0 fully saturated rings. The Hall–Kier alpha value is -2.89. The average Bonchev–Trinajstić information content (AvgIpc) is 2.53. The third kappa shape index (κ3) is 4.81. The van der Waals surface area contributed by atoms with Crippen molar-refractivity contribution in [3.63, 3.8) is 0 Å². The van der Waals surface area contributed by atoms with Gasteiger partial charge in [-0.2, -0.15) is 0 Å². The molecule has 0 bridgehead atoms. The Balaban J connectivity index is 1.98. The van der Waals surface area contributed by atoms with Gasteiger partial charge >= 0.3 is 6.03 Å². The molecule has 23 heavy (non-hydrogen) atoms. The van der Waals surface area contributed by atoms with Gasteiger partial charge < -0.3 is 15.5 Å². The van der Waals surface area contributed by atoms with Crippen LogP contribution in [0.4, 0.5) is 14.9 Å². The van der Waals surface area contributed by atoms with Crippen molar-refractivity contribution in [3.8, 4) is 0 Å². The molecule has 0 saturated carbocycles. The van der Waals surface area contributed by atoms with E-state index in [2.05, 4.69) is 10.6 Å². The highest BCUT2D eigenvalue weighted by atomic mass is 19.1. The van der Waals surface area contributed by atoms with E-state index in [0.29, 0.717) is 5.69 Å². The number of rotatable bonds is 4. The zero-order valence-corrected chi connectivity index (χ0v) is 13.0. The number of hydrogen-bond acceptors (Lipinski definition) is 2. The predicted octanol–water partition coefficient (Wildman–Crippen LogP) is 2.85. The fourth-order valence-electron chi connectivity index (χ4n) is 1.91. The van der Waals surface area contributed by atoms with Gasteiger partial charge in [0.25, 0.3) is 5.91 Å². The Labute approximate surface area is 134 Å². The van der Waals surface area contributed by atoms with Crippen molar-refractivity contribution in [2.45, 2.75) is 6.54 Å². The van der Waals surface area contributed by atoms with Crippen LogP contribution in [0.1, 0.15) is 15.9 Å². The lowest BCUT2D eigenvalue weighted by atomic mass is 10.1. The Kier molecular flexibility index (Phi) is 5.30. The molecule has 6 heteroatoms. The van der Waals surface area contributed by atoms with Gasteiger partial charge in [0.2, 0.25) is 0 Å². The maximum absolute atomic E-state index is 13.1. The second-order valence-corrected chi connectivity index (χ2v) is 5.22. The van der Waals surface area contributed by atoms with Crippen molar-refractivity contribution < 1.29 is 14.0 Å². The van der Waals surface area contributed by atoms with Crippen LogP contribution in [0, 0.1) is 5.82 Å². The summed E-state index contributed by atoms with van der Waals surface area (Å²) in [5.41, 5.74) is 1.73. The molecule has 0 aliphatic rings. The number of nitrogens with one attached hydrogen (secondary N) is 2. The molecule has 0 aliphatic carbocycles. The smallest absolute Gasteiger partial charge is 0.321 e. The standard InChI is InChI=1S/C17H18FN3O2/c1-21(2)17(23)20-15-8-3-5-12(9-15)11-19-16(22)13-6-4-7-14(18)10-13/h3-10H,11H2,1-2H3,(H,19,22)(H,20,23). The number of nitrogens with zero attached hydrogens (tertiary/aromatic N) is 1. The number of amides is 3. The molecule has 3 amide bonds. The highest BCUT2D eigenvalue weighted by molar-refractivity contribution is 5.94. The summed E-state index contributed by atoms with van der Waals surface area (Å²) in [6.07, 6.45) is 0. The summed E-state index contributed by atoms with van der Waals surface area (Å²) in [5.74, 6) is -0.807. The summed E-state index contributed by atoms with van der Waals surface area (Å²) >= 11 is 0. The minimum Gasteiger partial charge on any atom is -0.348 e. The van der Waals surface area contributed by atoms with Crippen molar-refractivity contribution in [1.29, 1.82) is 0 Å². The molecule has 0 unspecified atom stereocenters. The first-order valence-corrected chi connectivity index (χ1v) is 7.07. The van der Waals surface area contributed by atoms with Crippen molar-refractivity contribution in [2.75, 3.05) is 19.4 Å². The normalized spacial score (nSPS) is 10.0. The number of urea groups is 1. The number of anilines is 1. The van der Waals surface area contributed by atoms with Crippen LogP contribution in [0.2, 0.25) is 0 Å². The van der Waals surface area contributed by atoms with Gasteiger partial charge in [0.05, 0.1) is 0 Å². The van der Waals surface area contributed by atoms with E-state index < -0.39 is 5.82 Å². The van der Waals surface area contributed by atoms with Gasteiger partial charge in [-0.1, -0.05) is 18.2 Å². The lowest BCUT2D eigenvalue weighted by Crippen LogP contribution is -2.27. The molecule has 0 heterocycles. The third-order valence-electron chi connectivity index (χ3n) is 3.12. The van der Waals surface area contributed by atoms with Crippen molar-refractivity contribution in [2.24, 2.45) is 0 Å². The van der Waals surface area contributed by atoms with E-state index in [1.807, 2.05) is 6.07 Å². The van der Waals surface area contributed by atoms with Gasteiger partial charge in [-0.3, -0.25) is 4.79 Å². The van der Waals surface area contributed by atoms with Crippen LogP contribution in [0.15, 0.2) is 48.5 Å². The fourth-order valence-corrected chi connectivity index (χ4v) is 1.91. The molecular formula is C17H18FN3O2. The highest BCUT2D eigenvalue weighted by Gasteiger charge is 2.07. The van der Waals surface area contributed by atoms with E-state index in [4.69, 9.17) is 0 Å². The first-order chi connectivity index (χ1) is 11.0. The monoisotopic (exact) mass is 315 g/mol. The van der Waals surface area contributed by atoms with Gasteiger partial charge in [0.15, 0.2) is 0 Å². The minimum absolute atomic E-state index is 0.231. The molecule has 120 valence electrons. The van der Waals surface area contributed by atoms with Gasteiger partial charge in [0, 0.05) is 31.9 Å². The molecular weight excluding hydrogens is 297 g/mol. The summed E-state index contributed by atoms with van der Waals surface area (Å²) in [5, 5.41) is 5.45. The Morgan fingerprint density at radius 3 is 2.52 bits per heavy atom. The summed E-state index contributed by atoms with van der Waals surface area (Å²) in [6.45, 7) is 0.279. The van der Waals surface area contributed by atoms with Crippen LogP contribution in [-0.4, -0.2) is 30.9 Å². The Morgan fingerprint density at radius 2 is 1.83 bits per heavy atom. The maximum Gasteiger partial charge on any atom is 0.321 e. The van der Waals surface area contributed by atoms with Crippen LogP contribution < -0.4 is 10.6 Å². The first kappa shape index (κ1) is 16.5. The lowest BCUT2D eigenvalue weighted by molar-refractivity contribution is 0.0950. The highest BCUT2D eigenvalue weighted by Crippen LogP contribution is 2.11. The topological polar surface area (TPSA) is 61.4 Å². The number of carbonyl (C=O) groups is 2. The quantitative estimate of drug-likeness (QED) is 0.911. The first-order valence-electron chi connectivity index (χ1n) is 7.07. The number of halogens is 1. The zero-order chi connectivity index (χ0) is 16.8. The number of benzene rings is 2. The number of hydrogen-bond donors (Lipinski definition) is 2. The second-order valence-electron chi connectivity index (χ2n) is 5.22. The van der Waals surface area contributed by atoms with Crippen molar-refractivity contribution >= 4 is 17.6 Å². The van der Waals surface area contributed by atoms with Gasteiger partial charge in [-0.15, -0.1) is 0 Å². The minimum atomic E-state index is -0.453. The van der Waals surface area contributed by atoms with Gasteiger partial charge in [-0.25, -0.2) is 9.18 Å². The third-order valence-corrected chi connectivity index (χ3v) is 3.12. The lowest BCUT2D eigenvalue weighted by Gasteiger charge is -2.13. The Morgan fingerprint density at radius 1 is 1.09 bits per heavy atom. The van der Waals surface area contributed by atoms with Gasteiger partial charge in [-0.05, 0) is 35.9 Å². The van der Waals surface area contributed by atoms with E-state index in [9.17, 15) is 14.0 Å². The summed E-state index contributed by atoms with van der Waals surface area (Å²) < 4.78 is 13.1. The second kappa shape index (κ2) is 7.40. The van der Waals surface area contributed by atoms with Crippen LogP contribution >= 0.6 is 0 Å². The molecule has 0 saturated heterocycles. The molecule has 0 spiro atoms. The molecule has 0 aliphatic heterocycles. The van der Waals surface area contributed by atoms with E-state index in [-0.39, 0.29) is 24.0 Å². The molecule has 0 aromatic heterocycles. The molecule has 2 rings (SSSR count). The van der Waals surface area contributed by atoms with Crippen molar-refractivity contribution in [3.05, 3.63) is 65.5 Å². The summed E-state index contributed by atoms with van der Waals surface area (Å²) in [6, 6.07) is 12.4.